The minimum absolute atomic E-state index is 0.124. The van der Waals surface area contributed by atoms with Crippen LogP contribution in [-0.4, -0.2) is 33.9 Å². The molecule has 1 aromatic carbocycles. The van der Waals surface area contributed by atoms with E-state index in [1.165, 1.54) is 30.4 Å². The topological polar surface area (TPSA) is 49.0 Å². The lowest BCUT2D eigenvalue weighted by Crippen LogP contribution is -2.36. The van der Waals surface area contributed by atoms with Crippen molar-refractivity contribution in [3.05, 3.63) is 65.5 Å². The Morgan fingerprint density at radius 2 is 2.08 bits per heavy atom. The van der Waals surface area contributed by atoms with Crippen LogP contribution in [0, 0.1) is 0 Å². The van der Waals surface area contributed by atoms with Crippen molar-refractivity contribution in [2.24, 2.45) is 0 Å². The predicted molar refractivity (Wildman–Crippen MR) is 97.7 cm³/mol. The van der Waals surface area contributed by atoms with Gasteiger partial charge in [-0.3, -0.25) is 4.79 Å². The summed E-state index contributed by atoms with van der Waals surface area (Å²) in [4.78, 5) is 22.6. The number of nitrogens with one attached hydrogen (secondary N) is 1. The summed E-state index contributed by atoms with van der Waals surface area (Å²) in [6.07, 6.45) is 8.19. The fraction of sp³-hybridized carbons (Fsp3) is 0.333. The second kappa shape index (κ2) is 5.45. The molecule has 1 aliphatic heterocycles. The molecule has 25 heavy (non-hydrogen) atoms. The van der Waals surface area contributed by atoms with Crippen molar-refractivity contribution < 1.29 is 4.79 Å². The predicted octanol–water partition coefficient (Wildman–Crippen LogP) is 3.68. The lowest BCUT2D eigenvalue weighted by molar-refractivity contribution is 0.0783. The molecule has 3 heterocycles. The van der Waals surface area contributed by atoms with E-state index in [1.54, 1.807) is 12.4 Å². The number of hydrogen-bond donors (Lipinski definition) is 1. The van der Waals surface area contributed by atoms with Crippen molar-refractivity contribution >= 4 is 16.9 Å². The summed E-state index contributed by atoms with van der Waals surface area (Å²) in [5.41, 5.74) is 4.61. The van der Waals surface area contributed by atoms with Crippen molar-refractivity contribution in [3.63, 3.8) is 0 Å². The van der Waals surface area contributed by atoms with Crippen LogP contribution in [0.2, 0.25) is 0 Å². The number of likely N-dealkylation sites (tertiary alicyclic amines) is 1. The summed E-state index contributed by atoms with van der Waals surface area (Å²) >= 11 is 0. The third-order valence-corrected chi connectivity index (χ3v) is 6.01. The maximum Gasteiger partial charge on any atom is 0.256 e. The largest absolute Gasteiger partial charge is 0.345 e. The molecule has 1 atom stereocenters. The average molecular weight is 331 g/mol. The van der Waals surface area contributed by atoms with Gasteiger partial charge >= 0.3 is 0 Å². The molecule has 0 saturated carbocycles. The zero-order valence-electron chi connectivity index (χ0n) is 14.2. The second-order valence-corrected chi connectivity index (χ2v) is 7.37. The summed E-state index contributed by atoms with van der Waals surface area (Å²) in [5, 5.41) is 0.914. The van der Waals surface area contributed by atoms with Crippen LogP contribution in [0.1, 0.15) is 40.7 Å². The van der Waals surface area contributed by atoms with Crippen molar-refractivity contribution in [2.45, 2.75) is 31.1 Å². The standard InChI is InChI=1S/C21H21N3O/c25-20(17-13-23-19-16(17)7-4-11-22-19)24-12-10-21(14-24)9-3-6-15-5-1-2-8-18(15)21/h1-2,4-5,7-8,11,13H,3,6,9-10,12,14H2,(H,22,23). The van der Waals surface area contributed by atoms with Crippen LogP contribution in [0.15, 0.2) is 48.8 Å². The summed E-state index contributed by atoms with van der Waals surface area (Å²) in [6.45, 7) is 1.66. The van der Waals surface area contributed by atoms with E-state index in [2.05, 4.69) is 34.2 Å². The van der Waals surface area contributed by atoms with Gasteiger partial charge in [0.1, 0.15) is 5.65 Å². The van der Waals surface area contributed by atoms with Crippen molar-refractivity contribution in [1.82, 2.24) is 14.9 Å². The monoisotopic (exact) mass is 331 g/mol. The maximum absolute atomic E-state index is 13.1. The van der Waals surface area contributed by atoms with Gasteiger partial charge in [0.25, 0.3) is 5.91 Å². The third-order valence-electron chi connectivity index (χ3n) is 6.01. The van der Waals surface area contributed by atoms with Gasteiger partial charge in [0, 0.05) is 36.3 Å². The molecular weight excluding hydrogens is 310 g/mol. The molecule has 1 aliphatic carbocycles. The molecule has 1 saturated heterocycles. The molecule has 1 amide bonds. The van der Waals surface area contributed by atoms with Gasteiger partial charge in [-0.25, -0.2) is 4.98 Å². The van der Waals surface area contributed by atoms with Crippen molar-refractivity contribution in [2.75, 3.05) is 13.1 Å². The van der Waals surface area contributed by atoms with Gasteiger partial charge in [0.15, 0.2) is 0 Å². The SMILES string of the molecule is O=C(c1c[nH]c2ncccc12)N1CCC2(CCCc3ccccc32)C1. The number of aryl methyl sites for hydroxylation is 1. The van der Waals surface area contributed by atoms with Gasteiger partial charge < -0.3 is 9.88 Å². The lowest BCUT2D eigenvalue weighted by atomic mass is 9.69. The Kier molecular flexibility index (Phi) is 3.20. The highest BCUT2D eigenvalue weighted by molar-refractivity contribution is 6.06. The first kappa shape index (κ1) is 14.7. The molecule has 3 aromatic rings. The number of aromatic nitrogens is 2. The molecule has 2 aromatic heterocycles. The molecule has 126 valence electrons. The smallest absolute Gasteiger partial charge is 0.256 e. The maximum atomic E-state index is 13.1. The first-order chi connectivity index (χ1) is 12.3. The Labute approximate surface area is 146 Å². The average Bonchev–Trinajstić information content (AvgIpc) is 3.27. The molecule has 0 radical (unpaired) electrons. The lowest BCUT2D eigenvalue weighted by Gasteiger charge is -2.35. The van der Waals surface area contributed by atoms with Gasteiger partial charge in [0.05, 0.1) is 5.56 Å². The van der Waals surface area contributed by atoms with Gasteiger partial charge in [0.2, 0.25) is 0 Å². The third kappa shape index (κ3) is 2.20. The van der Waals surface area contributed by atoms with Gasteiger partial charge in [-0.05, 0) is 48.9 Å². The highest BCUT2D eigenvalue weighted by Crippen LogP contribution is 2.44. The number of benzene rings is 1. The summed E-state index contributed by atoms with van der Waals surface area (Å²) < 4.78 is 0. The zero-order valence-corrected chi connectivity index (χ0v) is 14.2. The van der Waals surface area contributed by atoms with Gasteiger partial charge in [-0.2, -0.15) is 0 Å². The summed E-state index contributed by atoms with van der Waals surface area (Å²) in [6, 6.07) is 12.7. The van der Waals surface area contributed by atoms with Crippen LogP contribution in [0.3, 0.4) is 0 Å². The van der Waals surface area contributed by atoms with E-state index in [0.717, 1.165) is 36.1 Å². The van der Waals surface area contributed by atoms with Crippen LogP contribution in [-0.2, 0) is 11.8 Å². The first-order valence-corrected chi connectivity index (χ1v) is 9.07. The van der Waals surface area contributed by atoms with E-state index in [9.17, 15) is 4.79 Å². The molecule has 1 fully saturated rings. The summed E-state index contributed by atoms with van der Waals surface area (Å²) in [7, 11) is 0. The highest BCUT2D eigenvalue weighted by atomic mass is 16.2. The van der Waals surface area contributed by atoms with Crippen LogP contribution < -0.4 is 0 Å². The number of rotatable bonds is 1. The van der Waals surface area contributed by atoms with E-state index in [4.69, 9.17) is 0 Å². The van der Waals surface area contributed by atoms with Crippen molar-refractivity contribution in [1.29, 1.82) is 0 Å². The fourth-order valence-corrected chi connectivity index (χ4v) is 4.78. The Morgan fingerprint density at radius 3 is 3.04 bits per heavy atom. The van der Waals surface area contributed by atoms with Crippen LogP contribution >= 0.6 is 0 Å². The normalized spacial score (nSPS) is 22.5. The number of nitrogens with zero attached hydrogens (tertiary/aromatic N) is 2. The Morgan fingerprint density at radius 1 is 1.16 bits per heavy atom. The van der Waals surface area contributed by atoms with Gasteiger partial charge in [-0.15, -0.1) is 0 Å². The molecule has 1 unspecified atom stereocenters. The Hall–Kier alpha value is -2.62. The minimum Gasteiger partial charge on any atom is -0.345 e. The molecule has 1 spiro atoms. The number of fused-ring (bicyclic) bond motifs is 3. The molecular formula is C21H21N3O. The molecule has 2 aliphatic rings. The van der Waals surface area contributed by atoms with E-state index in [1.807, 2.05) is 17.0 Å². The van der Waals surface area contributed by atoms with Gasteiger partial charge in [-0.1, -0.05) is 24.3 Å². The van der Waals surface area contributed by atoms with Crippen LogP contribution in [0.4, 0.5) is 0 Å². The number of hydrogen-bond acceptors (Lipinski definition) is 2. The van der Waals surface area contributed by atoms with Crippen molar-refractivity contribution in [3.8, 4) is 0 Å². The number of aromatic amines is 1. The minimum atomic E-state index is 0.124. The van der Waals surface area contributed by atoms with E-state index >= 15 is 0 Å². The van der Waals surface area contributed by atoms with Crippen LogP contribution in [0.5, 0.6) is 0 Å². The number of pyridine rings is 1. The Bertz CT molecular complexity index is 960. The molecule has 4 nitrogen and oxygen atoms in total. The first-order valence-electron chi connectivity index (χ1n) is 9.07. The number of carbonyl (C=O) groups is 1. The zero-order chi connectivity index (χ0) is 16.9. The Balaban J connectivity index is 1.47. The number of amides is 1. The quantitative estimate of drug-likeness (QED) is 0.739. The molecule has 4 heteroatoms. The van der Waals surface area contributed by atoms with E-state index < -0.39 is 0 Å². The van der Waals surface area contributed by atoms with E-state index in [0.29, 0.717) is 0 Å². The number of carbonyl (C=O) groups excluding carboxylic acids is 1. The van der Waals surface area contributed by atoms with E-state index in [-0.39, 0.29) is 11.3 Å². The second-order valence-electron chi connectivity index (χ2n) is 7.37. The number of H-pyrrole nitrogens is 1. The summed E-state index contributed by atoms with van der Waals surface area (Å²) in [5.74, 6) is 0.124. The highest BCUT2D eigenvalue weighted by Gasteiger charge is 2.43. The molecule has 1 N–H and O–H groups in total. The molecule has 5 rings (SSSR count). The van der Waals surface area contributed by atoms with Crippen LogP contribution in [0.25, 0.3) is 11.0 Å². The molecule has 0 bridgehead atoms. The fourth-order valence-electron chi connectivity index (χ4n) is 4.78.